The number of aromatic nitrogens is 2. The molecule has 3 heterocycles. The monoisotopic (exact) mass is 429 g/mol. The number of anilines is 1. The average Bonchev–Trinajstić information content (AvgIpc) is 2.74. The summed E-state index contributed by atoms with van der Waals surface area (Å²) in [5.74, 6) is 1.44. The number of hydrogen-bond acceptors (Lipinski definition) is 6. The molecule has 2 aromatic rings. The highest BCUT2D eigenvalue weighted by molar-refractivity contribution is 7.89. The Bertz CT molecular complexity index is 1050. The van der Waals surface area contributed by atoms with Gasteiger partial charge < -0.3 is 10.2 Å². The van der Waals surface area contributed by atoms with Crippen LogP contribution in [0.15, 0.2) is 23.1 Å². The SMILES string of the molecule is CNc1nc([C@@H]2CCCCN2S(=O)(=O)c2ccc(C)c(C)c2)nc2c1CCN(C)C2. The van der Waals surface area contributed by atoms with Crippen LogP contribution in [0.5, 0.6) is 0 Å². The Labute approximate surface area is 179 Å². The summed E-state index contributed by atoms with van der Waals surface area (Å²) in [7, 11) is 0.327. The summed E-state index contributed by atoms with van der Waals surface area (Å²) in [6, 6.07) is 5.03. The summed E-state index contributed by atoms with van der Waals surface area (Å²) < 4.78 is 28.8. The molecular weight excluding hydrogens is 398 g/mol. The van der Waals surface area contributed by atoms with Crippen molar-refractivity contribution in [2.24, 2.45) is 0 Å². The van der Waals surface area contributed by atoms with Gasteiger partial charge in [-0.25, -0.2) is 18.4 Å². The third-order valence-corrected chi connectivity index (χ3v) is 8.25. The van der Waals surface area contributed by atoms with Crippen LogP contribution in [0, 0.1) is 13.8 Å². The van der Waals surface area contributed by atoms with E-state index in [-0.39, 0.29) is 6.04 Å². The molecule has 162 valence electrons. The van der Waals surface area contributed by atoms with Gasteiger partial charge in [0.05, 0.1) is 16.6 Å². The lowest BCUT2D eigenvalue weighted by atomic mass is 10.0. The molecule has 0 aliphatic carbocycles. The van der Waals surface area contributed by atoms with Gasteiger partial charge in [-0.15, -0.1) is 0 Å². The molecule has 4 rings (SSSR count). The smallest absolute Gasteiger partial charge is 0.243 e. The van der Waals surface area contributed by atoms with Crippen molar-refractivity contribution < 1.29 is 8.42 Å². The van der Waals surface area contributed by atoms with Crippen LogP contribution in [-0.2, 0) is 23.0 Å². The molecule has 0 saturated carbocycles. The number of benzene rings is 1. The van der Waals surface area contributed by atoms with Crippen LogP contribution < -0.4 is 5.32 Å². The van der Waals surface area contributed by atoms with Crippen molar-refractivity contribution in [3.8, 4) is 0 Å². The zero-order chi connectivity index (χ0) is 21.5. The van der Waals surface area contributed by atoms with Crippen molar-refractivity contribution >= 4 is 15.8 Å². The highest BCUT2D eigenvalue weighted by atomic mass is 32.2. The molecule has 1 N–H and O–H groups in total. The molecule has 2 aliphatic rings. The van der Waals surface area contributed by atoms with Crippen molar-refractivity contribution in [2.45, 2.75) is 57.0 Å². The Balaban J connectivity index is 1.76. The number of piperidine rings is 1. The Morgan fingerprint density at radius 1 is 1.10 bits per heavy atom. The molecule has 0 bridgehead atoms. The van der Waals surface area contributed by atoms with Gasteiger partial charge in [0.25, 0.3) is 0 Å². The molecule has 0 amide bonds. The largest absolute Gasteiger partial charge is 0.373 e. The van der Waals surface area contributed by atoms with Gasteiger partial charge in [-0.05, 0) is 63.4 Å². The van der Waals surface area contributed by atoms with Gasteiger partial charge in [-0.1, -0.05) is 12.5 Å². The van der Waals surface area contributed by atoms with Gasteiger partial charge in [0, 0.05) is 32.2 Å². The molecule has 0 spiro atoms. The van der Waals surface area contributed by atoms with Crippen molar-refractivity contribution in [2.75, 3.05) is 32.5 Å². The maximum atomic E-state index is 13.6. The predicted molar refractivity (Wildman–Crippen MR) is 118 cm³/mol. The fraction of sp³-hybridized carbons (Fsp3) is 0.545. The lowest BCUT2D eigenvalue weighted by Gasteiger charge is -2.35. The molecule has 0 unspecified atom stereocenters. The van der Waals surface area contributed by atoms with Crippen LogP contribution in [0.4, 0.5) is 5.82 Å². The zero-order valence-corrected chi connectivity index (χ0v) is 19.1. The maximum Gasteiger partial charge on any atom is 0.243 e. The highest BCUT2D eigenvalue weighted by Gasteiger charge is 2.37. The van der Waals surface area contributed by atoms with Crippen molar-refractivity contribution in [3.05, 3.63) is 46.4 Å². The van der Waals surface area contributed by atoms with Crippen molar-refractivity contribution in [3.63, 3.8) is 0 Å². The van der Waals surface area contributed by atoms with E-state index in [0.29, 0.717) is 17.3 Å². The van der Waals surface area contributed by atoms with Crippen LogP contribution in [0.1, 0.15) is 53.5 Å². The first kappa shape index (κ1) is 21.2. The Morgan fingerprint density at radius 2 is 1.90 bits per heavy atom. The topological polar surface area (TPSA) is 78.4 Å². The highest BCUT2D eigenvalue weighted by Crippen LogP contribution is 2.36. The Hall–Kier alpha value is -2.03. The summed E-state index contributed by atoms with van der Waals surface area (Å²) in [4.78, 5) is 12.3. The second-order valence-corrected chi connectivity index (χ2v) is 10.4. The van der Waals surface area contributed by atoms with E-state index < -0.39 is 10.0 Å². The standard InChI is InChI=1S/C22H31N5O2S/c1-15-8-9-17(13-16(15)2)30(28,29)27-11-6-5-7-20(27)22-24-19-14-26(4)12-10-18(19)21(23-3)25-22/h8-9,13,20H,5-7,10-12,14H2,1-4H3,(H,23,24,25)/t20-/m0/s1. The molecule has 7 nitrogen and oxygen atoms in total. The summed E-state index contributed by atoms with van der Waals surface area (Å²) >= 11 is 0. The van der Waals surface area contributed by atoms with Crippen molar-refractivity contribution in [1.29, 1.82) is 0 Å². The van der Waals surface area contributed by atoms with E-state index in [2.05, 4.69) is 17.3 Å². The van der Waals surface area contributed by atoms with Gasteiger partial charge in [0.1, 0.15) is 11.6 Å². The third kappa shape index (κ3) is 3.84. The van der Waals surface area contributed by atoms with E-state index in [4.69, 9.17) is 9.97 Å². The van der Waals surface area contributed by atoms with Crippen LogP contribution in [0.25, 0.3) is 0 Å². The van der Waals surface area contributed by atoms with Gasteiger partial charge in [-0.3, -0.25) is 0 Å². The summed E-state index contributed by atoms with van der Waals surface area (Å²) in [6.45, 7) is 6.17. The molecule has 1 fully saturated rings. The van der Waals surface area contributed by atoms with Crippen LogP contribution in [0.3, 0.4) is 0 Å². The van der Waals surface area contributed by atoms with E-state index in [1.54, 1.807) is 16.4 Å². The first-order valence-corrected chi connectivity index (χ1v) is 12.1. The minimum Gasteiger partial charge on any atom is -0.373 e. The number of fused-ring (bicyclic) bond motifs is 1. The molecule has 1 aromatic heterocycles. The first-order chi connectivity index (χ1) is 14.3. The van der Waals surface area contributed by atoms with Crippen LogP contribution in [0.2, 0.25) is 0 Å². The second-order valence-electron chi connectivity index (χ2n) is 8.47. The number of nitrogens with zero attached hydrogens (tertiary/aromatic N) is 4. The van der Waals surface area contributed by atoms with E-state index in [1.807, 2.05) is 27.0 Å². The predicted octanol–water partition coefficient (Wildman–Crippen LogP) is 3.04. The number of likely N-dealkylation sites (N-methyl/N-ethyl adjacent to an activating group) is 1. The zero-order valence-electron chi connectivity index (χ0n) is 18.3. The quantitative estimate of drug-likeness (QED) is 0.805. The van der Waals surface area contributed by atoms with Gasteiger partial charge in [-0.2, -0.15) is 4.31 Å². The molecule has 1 atom stereocenters. The van der Waals surface area contributed by atoms with Gasteiger partial charge in [0.2, 0.25) is 10.0 Å². The molecular formula is C22H31N5O2S. The number of aryl methyl sites for hydroxylation is 2. The number of rotatable bonds is 4. The van der Waals surface area contributed by atoms with E-state index in [0.717, 1.165) is 67.0 Å². The molecule has 0 radical (unpaired) electrons. The van der Waals surface area contributed by atoms with Gasteiger partial charge in [0.15, 0.2) is 0 Å². The Morgan fingerprint density at radius 3 is 2.63 bits per heavy atom. The molecule has 8 heteroatoms. The lowest BCUT2D eigenvalue weighted by molar-refractivity contribution is 0.244. The first-order valence-electron chi connectivity index (χ1n) is 10.7. The third-order valence-electron chi connectivity index (χ3n) is 6.35. The number of sulfonamides is 1. The van der Waals surface area contributed by atoms with Crippen LogP contribution >= 0.6 is 0 Å². The minimum atomic E-state index is -3.63. The lowest BCUT2D eigenvalue weighted by Crippen LogP contribution is -2.40. The number of hydrogen-bond donors (Lipinski definition) is 1. The Kier molecular flexibility index (Phi) is 5.83. The average molecular weight is 430 g/mol. The normalized spacial score (nSPS) is 20.7. The molecule has 1 saturated heterocycles. The fourth-order valence-corrected chi connectivity index (χ4v) is 6.14. The fourth-order valence-electron chi connectivity index (χ4n) is 4.40. The van der Waals surface area contributed by atoms with E-state index in [1.165, 1.54) is 0 Å². The van der Waals surface area contributed by atoms with Gasteiger partial charge >= 0.3 is 0 Å². The van der Waals surface area contributed by atoms with Crippen LogP contribution in [-0.4, -0.2) is 54.8 Å². The molecule has 2 aliphatic heterocycles. The second kappa shape index (κ2) is 8.24. The molecule has 1 aromatic carbocycles. The summed E-state index contributed by atoms with van der Waals surface area (Å²) in [5, 5.41) is 3.21. The summed E-state index contributed by atoms with van der Waals surface area (Å²) in [5.41, 5.74) is 4.23. The number of nitrogens with one attached hydrogen (secondary N) is 1. The molecule has 30 heavy (non-hydrogen) atoms. The van der Waals surface area contributed by atoms with E-state index >= 15 is 0 Å². The minimum absolute atomic E-state index is 0.338. The van der Waals surface area contributed by atoms with E-state index in [9.17, 15) is 8.42 Å². The maximum absolute atomic E-state index is 13.6. The summed E-state index contributed by atoms with van der Waals surface area (Å²) in [6.07, 6.45) is 3.46. The van der Waals surface area contributed by atoms with Crippen molar-refractivity contribution in [1.82, 2.24) is 19.2 Å².